The molecule has 1 aliphatic carbocycles. The average molecular weight is 571 g/mol. The van der Waals surface area contributed by atoms with E-state index >= 15 is 0 Å². The number of hydrogen-bond donors (Lipinski definition) is 1. The van der Waals surface area contributed by atoms with Crippen LogP contribution < -0.4 is 4.90 Å². The first-order valence-corrected chi connectivity index (χ1v) is 18.9. The first kappa shape index (κ1) is 27.8. The van der Waals surface area contributed by atoms with Crippen molar-refractivity contribution in [3.05, 3.63) is 53.6 Å². The Labute approximate surface area is 243 Å². The molecule has 4 heterocycles. The van der Waals surface area contributed by atoms with Crippen molar-refractivity contribution in [1.29, 1.82) is 0 Å². The van der Waals surface area contributed by atoms with E-state index in [1.807, 2.05) is 9.58 Å². The summed E-state index contributed by atoms with van der Waals surface area (Å²) in [6.07, 6.45) is 13.6. The predicted octanol–water partition coefficient (Wildman–Crippen LogP) is 7.14. The monoisotopic (exact) mass is 570 g/mol. The fourth-order valence-corrected chi connectivity index (χ4v) is 7.52. The van der Waals surface area contributed by atoms with Gasteiger partial charge >= 0.3 is 0 Å². The number of benzene rings is 1. The number of aromatic nitrogens is 5. The number of aryl methyl sites for hydroxylation is 2. The fourth-order valence-electron chi connectivity index (χ4n) is 6.76. The lowest BCUT2D eigenvalue weighted by Gasteiger charge is -2.28. The molecule has 1 N–H and O–H groups in total. The van der Waals surface area contributed by atoms with Crippen LogP contribution in [0.15, 0.2) is 36.9 Å². The van der Waals surface area contributed by atoms with Crippen LogP contribution in [0.25, 0.3) is 22.3 Å². The third-order valence-corrected chi connectivity index (χ3v) is 10.4. The van der Waals surface area contributed by atoms with Crippen molar-refractivity contribution in [3.63, 3.8) is 0 Å². The molecule has 6 rings (SSSR count). The summed E-state index contributed by atoms with van der Waals surface area (Å²) in [5.41, 5.74) is 7.23. The van der Waals surface area contributed by atoms with Gasteiger partial charge in [-0.05, 0) is 67.0 Å². The number of carbonyl (C=O) groups is 1. The van der Waals surface area contributed by atoms with Gasteiger partial charge in [0.05, 0.1) is 23.0 Å². The normalized spacial score (nSPS) is 16.1. The van der Waals surface area contributed by atoms with Gasteiger partial charge in [-0.15, -0.1) is 0 Å². The van der Waals surface area contributed by atoms with Crippen LogP contribution in [0.2, 0.25) is 25.7 Å². The van der Waals surface area contributed by atoms with E-state index < -0.39 is 13.5 Å². The molecule has 0 unspecified atom stereocenters. The minimum atomic E-state index is -1.13. The van der Waals surface area contributed by atoms with Crippen LogP contribution in [0, 0.1) is 0 Å². The van der Waals surface area contributed by atoms with E-state index in [-0.39, 0.29) is 5.91 Å². The quantitative estimate of drug-likeness (QED) is 0.162. The van der Waals surface area contributed by atoms with Crippen LogP contribution in [0.5, 0.6) is 0 Å². The van der Waals surface area contributed by atoms with Gasteiger partial charge in [-0.2, -0.15) is 5.10 Å². The van der Waals surface area contributed by atoms with Crippen molar-refractivity contribution in [3.8, 4) is 11.4 Å². The molecule has 3 aromatic heterocycles. The highest BCUT2D eigenvalue weighted by Gasteiger charge is 2.51. The Hall–Kier alpha value is -3.30. The number of aromatic amines is 1. The van der Waals surface area contributed by atoms with E-state index in [9.17, 15) is 4.79 Å². The molecule has 216 valence electrons. The first-order valence-electron chi connectivity index (χ1n) is 15.2. The van der Waals surface area contributed by atoms with Crippen molar-refractivity contribution in [2.75, 3.05) is 11.5 Å². The van der Waals surface area contributed by atoms with Crippen molar-refractivity contribution in [2.24, 2.45) is 0 Å². The van der Waals surface area contributed by atoms with E-state index in [2.05, 4.69) is 66.8 Å². The zero-order valence-electron chi connectivity index (χ0n) is 25.1. The van der Waals surface area contributed by atoms with E-state index in [0.717, 1.165) is 91.1 Å². The Morgan fingerprint density at radius 3 is 2.61 bits per heavy atom. The summed E-state index contributed by atoms with van der Waals surface area (Å²) in [4.78, 5) is 28.7. The average Bonchev–Trinajstić information content (AvgIpc) is 3.53. The number of amides is 1. The predicted molar refractivity (Wildman–Crippen MR) is 166 cm³/mol. The molecule has 0 bridgehead atoms. The molecule has 4 aromatic rings. The highest BCUT2D eigenvalue weighted by atomic mass is 28.3. The van der Waals surface area contributed by atoms with Crippen molar-refractivity contribution in [2.45, 2.75) is 96.6 Å². The van der Waals surface area contributed by atoms with Crippen LogP contribution in [-0.2, 0) is 34.5 Å². The second-order valence-electron chi connectivity index (χ2n) is 12.9. The second-order valence-corrected chi connectivity index (χ2v) is 18.5. The van der Waals surface area contributed by atoms with E-state index in [4.69, 9.17) is 9.84 Å². The maximum absolute atomic E-state index is 14.3. The van der Waals surface area contributed by atoms with Crippen LogP contribution >= 0.6 is 0 Å². The summed E-state index contributed by atoms with van der Waals surface area (Å²) in [6, 6.07) is 5.62. The maximum atomic E-state index is 14.3. The third-order valence-electron chi connectivity index (χ3n) is 8.69. The minimum Gasteiger partial charge on any atom is -0.360 e. The first-order chi connectivity index (χ1) is 19.8. The van der Waals surface area contributed by atoms with Crippen molar-refractivity contribution >= 4 is 36.4 Å². The number of anilines is 2. The minimum absolute atomic E-state index is 0.116. The summed E-state index contributed by atoms with van der Waals surface area (Å²) in [5.74, 6) is 0.703. The number of fused-ring (bicyclic) bond motifs is 6. The summed E-state index contributed by atoms with van der Waals surface area (Å²) >= 11 is 0. The molecule has 9 heteroatoms. The van der Waals surface area contributed by atoms with Gasteiger partial charge in [0.25, 0.3) is 0 Å². The van der Waals surface area contributed by atoms with Gasteiger partial charge in [0.1, 0.15) is 12.4 Å². The Kier molecular flexibility index (Phi) is 7.36. The lowest BCUT2D eigenvalue weighted by atomic mass is 9.74. The Morgan fingerprint density at radius 1 is 1.10 bits per heavy atom. The highest BCUT2D eigenvalue weighted by molar-refractivity contribution is 6.76. The molecule has 0 radical (unpaired) electrons. The second kappa shape index (κ2) is 10.8. The Balaban J connectivity index is 1.44. The van der Waals surface area contributed by atoms with Gasteiger partial charge in [-0.3, -0.25) is 14.7 Å². The molecule has 1 aromatic carbocycles. The highest BCUT2D eigenvalue weighted by Crippen LogP contribution is 2.52. The lowest BCUT2D eigenvalue weighted by Crippen LogP contribution is -2.38. The number of hydrogen-bond acceptors (Lipinski definition) is 5. The number of H-pyrrole nitrogens is 1. The smallest absolute Gasteiger partial charge is 0.243 e. The molecule has 1 amide bonds. The summed E-state index contributed by atoms with van der Waals surface area (Å²) in [7, 11) is -1.13. The van der Waals surface area contributed by atoms with Gasteiger partial charge in [0, 0.05) is 44.2 Å². The summed E-state index contributed by atoms with van der Waals surface area (Å²) in [5, 5.41) is 6.18. The molecular weight excluding hydrogens is 528 g/mol. The molecule has 1 aliphatic heterocycles. The SMILES string of the molecule is CCCC1(CCC)C(=O)N(c2cnccn2)c2cc3c4c([nH]c3cc21)-c1nn(COCC[Si](C)(C)C)cc1CCC4. The Bertz CT molecular complexity index is 1560. The molecule has 0 fully saturated rings. The largest absolute Gasteiger partial charge is 0.360 e. The van der Waals surface area contributed by atoms with Crippen LogP contribution in [0.1, 0.15) is 62.6 Å². The van der Waals surface area contributed by atoms with Gasteiger partial charge in [0.2, 0.25) is 5.91 Å². The third kappa shape index (κ3) is 4.93. The molecule has 8 nitrogen and oxygen atoms in total. The van der Waals surface area contributed by atoms with Crippen LogP contribution in [-0.4, -0.2) is 45.3 Å². The molecule has 0 spiro atoms. The molecular formula is C32H42N6O2Si. The van der Waals surface area contributed by atoms with Crippen LogP contribution in [0.4, 0.5) is 11.5 Å². The number of carbonyl (C=O) groups excluding carboxylic acids is 1. The Morgan fingerprint density at radius 2 is 1.90 bits per heavy atom. The fraction of sp³-hybridized carbons (Fsp3) is 0.500. The number of nitrogens with one attached hydrogen (secondary N) is 1. The van der Waals surface area contributed by atoms with Gasteiger partial charge in [0.15, 0.2) is 5.82 Å². The lowest BCUT2D eigenvalue weighted by molar-refractivity contribution is -0.123. The standard InChI is InChI=1S/C32H42N6O2Si/c1-6-11-32(12-7-2)25-18-26-24(17-27(25)38(31(32)39)28-19-33-13-14-34-28)23-10-8-9-22-20-37(36-29(22)30(23)35-26)21-40-15-16-41(3,4)5/h13-14,17-20,35H,6-12,15-16,21H2,1-5H3. The zero-order valence-corrected chi connectivity index (χ0v) is 26.1. The van der Waals surface area contributed by atoms with E-state index in [1.165, 1.54) is 11.1 Å². The van der Waals surface area contributed by atoms with E-state index in [0.29, 0.717) is 12.5 Å². The number of nitrogens with zero attached hydrogens (tertiary/aromatic N) is 5. The maximum Gasteiger partial charge on any atom is 0.243 e. The van der Waals surface area contributed by atoms with Gasteiger partial charge in [-0.25, -0.2) is 9.67 Å². The molecule has 0 saturated heterocycles. The molecule has 0 atom stereocenters. The van der Waals surface area contributed by atoms with E-state index in [1.54, 1.807) is 18.6 Å². The van der Waals surface area contributed by atoms with Gasteiger partial charge < -0.3 is 9.72 Å². The molecule has 2 aliphatic rings. The van der Waals surface area contributed by atoms with Crippen LogP contribution in [0.3, 0.4) is 0 Å². The molecule has 41 heavy (non-hydrogen) atoms. The van der Waals surface area contributed by atoms with Gasteiger partial charge in [-0.1, -0.05) is 46.3 Å². The zero-order chi connectivity index (χ0) is 28.8. The summed E-state index contributed by atoms with van der Waals surface area (Å²) < 4.78 is 7.97. The number of ether oxygens (including phenoxy) is 1. The summed E-state index contributed by atoms with van der Waals surface area (Å²) in [6.45, 7) is 12.7. The van der Waals surface area contributed by atoms with Crippen molar-refractivity contribution in [1.82, 2.24) is 24.7 Å². The van der Waals surface area contributed by atoms with Crippen molar-refractivity contribution < 1.29 is 9.53 Å². The topological polar surface area (TPSA) is 88.9 Å². The molecule has 0 saturated carbocycles. The number of rotatable bonds is 10.